The van der Waals surface area contributed by atoms with Crippen molar-refractivity contribution in [1.82, 2.24) is 0 Å². The van der Waals surface area contributed by atoms with Gasteiger partial charge in [-0.05, 0) is 36.4 Å². The van der Waals surface area contributed by atoms with Gasteiger partial charge in [0.2, 0.25) is 5.91 Å². The topological polar surface area (TPSA) is 70.2 Å². The van der Waals surface area contributed by atoms with E-state index in [1.165, 1.54) is 6.92 Å². The zero-order valence-electron chi connectivity index (χ0n) is 11.6. The Hall–Kier alpha value is -2.96. The Labute approximate surface area is 125 Å². The number of carbonyl (C=O) groups excluding carboxylic acids is 2. The zero-order chi connectivity index (χ0) is 16.1. The van der Waals surface area contributed by atoms with Gasteiger partial charge in [0.15, 0.2) is 0 Å². The maximum absolute atomic E-state index is 13.0. The first-order chi connectivity index (χ1) is 10.4. The van der Waals surface area contributed by atoms with Gasteiger partial charge in [-0.15, -0.1) is 0 Å². The molecule has 5 nitrogen and oxygen atoms in total. The second-order valence-electron chi connectivity index (χ2n) is 4.50. The third kappa shape index (κ3) is 4.55. The molecule has 0 saturated heterocycles. The quantitative estimate of drug-likeness (QED) is 0.811. The van der Waals surface area contributed by atoms with Crippen molar-refractivity contribution in [3.05, 3.63) is 54.1 Å². The molecule has 114 valence electrons. The number of urea groups is 1. The lowest BCUT2D eigenvalue weighted by Gasteiger charge is -2.09. The Balaban J connectivity index is 1.98. The summed E-state index contributed by atoms with van der Waals surface area (Å²) in [5.74, 6) is -1.77. The number of nitrogens with one attached hydrogen (secondary N) is 3. The van der Waals surface area contributed by atoms with E-state index < -0.39 is 17.7 Å². The van der Waals surface area contributed by atoms with E-state index in [1.807, 2.05) is 0 Å². The number of rotatable bonds is 3. The molecular formula is C15H13F2N3O2. The fourth-order valence-electron chi connectivity index (χ4n) is 1.76. The smallest absolute Gasteiger partial charge is 0.323 e. The fourth-order valence-corrected chi connectivity index (χ4v) is 1.76. The first-order valence-corrected chi connectivity index (χ1v) is 6.34. The SMILES string of the molecule is CC(=O)Nc1ccc(NC(=O)Nc2cc(F)cc(F)c2)cc1. The normalized spacial score (nSPS) is 9.95. The van der Waals surface area contributed by atoms with E-state index in [2.05, 4.69) is 16.0 Å². The lowest BCUT2D eigenvalue weighted by atomic mass is 10.2. The summed E-state index contributed by atoms with van der Waals surface area (Å²) in [6, 6.07) is 8.46. The highest BCUT2D eigenvalue weighted by Gasteiger charge is 2.06. The molecule has 0 aliphatic carbocycles. The predicted octanol–water partition coefficient (Wildman–Crippen LogP) is 3.57. The second kappa shape index (κ2) is 6.66. The average Bonchev–Trinajstić information content (AvgIpc) is 2.39. The van der Waals surface area contributed by atoms with Gasteiger partial charge in [-0.3, -0.25) is 4.79 Å². The van der Waals surface area contributed by atoms with Crippen LogP contribution in [0.5, 0.6) is 0 Å². The van der Waals surface area contributed by atoms with Gasteiger partial charge in [0.05, 0.1) is 0 Å². The summed E-state index contributed by atoms with van der Waals surface area (Å²) in [6.45, 7) is 1.39. The Morgan fingerprint density at radius 2 is 1.23 bits per heavy atom. The standard InChI is InChI=1S/C15H13F2N3O2/c1-9(21)18-12-2-4-13(5-3-12)19-15(22)20-14-7-10(16)6-11(17)8-14/h2-8H,1H3,(H,18,21)(H2,19,20,22). The lowest BCUT2D eigenvalue weighted by Crippen LogP contribution is -2.19. The van der Waals surface area contributed by atoms with Crippen LogP contribution in [0.15, 0.2) is 42.5 Å². The monoisotopic (exact) mass is 305 g/mol. The molecule has 0 fully saturated rings. The minimum Gasteiger partial charge on any atom is -0.326 e. The van der Waals surface area contributed by atoms with Crippen molar-refractivity contribution in [3.8, 4) is 0 Å². The summed E-state index contributed by atoms with van der Waals surface area (Å²) in [5.41, 5.74) is 1.05. The first kappa shape index (κ1) is 15.4. The van der Waals surface area contributed by atoms with Gasteiger partial charge in [0, 0.05) is 30.1 Å². The molecule has 2 aromatic rings. The highest BCUT2D eigenvalue weighted by Crippen LogP contribution is 2.15. The Morgan fingerprint density at radius 1 is 0.773 bits per heavy atom. The molecule has 0 radical (unpaired) electrons. The van der Waals surface area contributed by atoms with Crippen molar-refractivity contribution in [2.75, 3.05) is 16.0 Å². The van der Waals surface area contributed by atoms with Crippen molar-refractivity contribution >= 4 is 29.0 Å². The predicted molar refractivity (Wildman–Crippen MR) is 79.7 cm³/mol. The molecule has 2 aromatic carbocycles. The summed E-state index contributed by atoms with van der Waals surface area (Å²) in [5, 5.41) is 7.41. The Kier molecular flexibility index (Phi) is 4.67. The number of amides is 3. The third-order valence-corrected chi connectivity index (χ3v) is 2.58. The molecule has 0 bridgehead atoms. The van der Waals surface area contributed by atoms with Crippen LogP contribution in [0.3, 0.4) is 0 Å². The van der Waals surface area contributed by atoms with Gasteiger partial charge in [-0.2, -0.15) is 0 Å². The van der Waals surface area contributed by atoms with E-state index in [0.29, 0.717) is 17.4 Å². The molecule has 0 atom stereocenters. The molecule has 0 aliphatic heterocycles. The number of halogens is 2. The lowest BCUT2D eigenvalue weighted by molar-refractivity contribution is -0.114. The molecule has 0 heterocycles. The molecule has 0 saturated carbocycles. The van der Waals surface area contributed by atoms with E-state index in [-0.39, 0.29) is 11.6 Å². The molecule has 0 aromatic heterocycles. The summed E-state index contributed by atoms with van der Waals surface area (Å²) in [7, 11) is 0. The molecule has 22 heavy (non-hydrogen) atoms. The second-order valence-corrected chi connectivity index (χ2v) is 4.50. The van der Waals surface area contributed by atoms with Crippen LogP contribution < -0.4 is 16.0 Å². The molecule has 3 N–H and O–H groups in total. The molecule has 0 aliphatic rings. The van der Waals surface area contributed by atoms with E-state index in [1.54, 1.807) is 24.3 Å². The van der Waals surface area contributed by atoms with Crippen molar-refractivity contribution in [2.45, 2.75) is 6.92 Å². The minimum absolute atomic E-state index is 0.00451. The molecule has 2 rings (SSSR count). The fraction of sp³-hybridized carbons (Fsp3) is 0.0667. The summed E-state index contributed by atoms with van der Waals surface area (Å²) in [6.07, 6.45) is 0. The zero-order valence-corrected chi connectivity index (χ0v) is 11.6. The van der Waals surface area contributed by atoms with Crippen molar-refractivity contribution in [3.63, 3.8) is 0 Å². The van der Waals surface area contributed by atoms with Gasteiger partial charge in [0.25, 0.3) is 0 Å². The molecular weight excluding hydrogens is 292 g/mol. The summed E-state index contributed by atoms with van der Waals surface area (Å²) < 4.78 is 26.0. The molecule has 3 amide bonds. The van der Waals surface area contributed by atoms with Gasteiger partial charge in [-0.25, -0.2) is 13.6 Å². The van der Waals surface area contributed by atoms with Crippen molar-refractivity contribution in [2.24, 2.45) is 0 Å². The number of benzene rings is 2. The maximum Gasteiger partial charge on any atom is 0.323 e. The van der Waals surface area contributed by atoms with Crippen LogP contribution >= 0.6 is 0 Å². The summed E-state index contributed by atoms with van der Waals surface area (Å²) in [4.78, 5) is 22.6. The average molecular weight is 305 g/mol. The van der Waals surface area contributed by atoms with Gasteiger partial charge < -0.3 is 16.0 Å². The molecule has 0 spiro atoms. The van der Waals surface area contributed by atoms with E-state index in [4.69, 9.17) is 0 Å². The van der Waals surface area contributed by atoms with E-state index >= 15 is 0 Å². The minimum atomic E-state index is -0.782. The van der Waals surface area contributed by atoms with Gasteiger partial charge >= 0.3 is 6.03 Å². The highest BCUT2D eigenvalue weighted by atomic mass is 19.1. The molecule has 7 heteroatoms. The van der Waals surface area contributed by atoms with Gasteiger partial charge in [0.1, 0.15) is 11.6 Å². The van der Waals surface area contributed by atoms with E-state index in [0.717, 1.165) is 12.1 Å². The van der Waals surface area contributed by atoms with Crippen molar-refractivity contribution in [1.29, 1.82) is 0 Å². The molecule has 0 unspecified atom stereocenters. The van der Waals surface area contributed by atoms with Gasteiger partial charge in [-0.1, -0.05) is 0 Å². The van der Waals surface area contributed by atoms with Crippen LogP contribution in [-0.2, 0) is 4.79 Å². The van der Waals surface area contributed by atoms with Crippen LogP contribution in [0, 0.1) is 11.6 Å². The van der Waals surface area contributed by atoms with Crippen LogP contribution in [0.2, 0.25) is 0 Å². The Bertz CT molecular complexity index is 682. The number of anilines is 3. The number of hydrogen-bond acceptors (Lipinski definition) is 2. The third-order valence-electron chi connectivity index (χ3n) is 2.58. The van der Waals surface area contributed by atoms with Crippen LogP contribution in [0.1, 0.15) is 6.92 Å². The number of carbonyl (C=O) groups is 2. The highest BCUT2D eigenvalue weighted by molar-refractivity contribution is 6.00. The van der Waals surface area contributed by atoms with Crippen LogP contribution in [0.4, 0.5) is 30.6 Å². The van der Waals surface area contributed by atoms with Crippen molar-refractivity contribution < 1.29 is 18.4 Å². The Morgan fingerprint density at radius 3 is 1.73 bits per heavy atom. The van der Waals surface area contributed by atoms with Crippen LogP contribution in [0.25, 0.3) is 0 Å². The largest absolute Gasteiger partial charge is 0.326 e. The maximum atomic E-state index is 13.0. The summed E-state index contributed by atoms with van der Waals surface area (Å²) >= 11 is 0. The van der Waals surface area contributed by atoms with E-state index in [9.17, 15) is 18.4 Å². The number of hydrogen-bond donors (Lipinski definition) is 3. The first-order valence-electron chi connectivity index (χ1n) is 6.34. The van der Waals surface area contributed by atoms with Crippen LogP contribution in [-0.4, -0.2) is 11.9 Å².